The normalized spacial score (nSPS) is 32.5. The molecule has 0 saturated carbocycles. The van der Waals surface area contributed by atoms with Gasteiger partial charge in [0.05, 0.1) is 0 Å². The van der Waals surface area contributed by atoms with Crippen LogP contribution in [-0.4, -0.2) is 5.54 Å². The number of rotatable bonds is 2. The summed E-state index contributed by atoms with van der Waals surface area (Å²) >= 11 is 0. The molecule has 0 aromatic rings. The first kappa shape index (κ1) is 9.63. The van der Waals surface area contributed by atoms with Gasteiger partial charge in [-0.15, -0.1) is 0 Å². The summed E-state index contributed by atoms with van der Waals surface area (Å²) in [4.78, 5) is 0. The van der Waals surface area contributed by atoms with Crippen LogP contribution >= 0.6 is 0 Å². The Labute approximate surface area is 76.2 Å². The lowest BCUT2D eigenvalue weighted by Crippen LogP contribution is -2.49. The molecule has 0 radical (unpaired) electrons. The Morgan fingerprint density at radius 1 is 1.33 bits per heavy atom. The lowest BCUT2D eigenvalue weighted by molar-refractivity contribution is 0.135. The lowest BCUT2D eigenvalue weighted by atomic mass is 9.64. The van der Waals surface area contributed by atoms with E-state index < -0.39 is 0 Å². The third kappa shape index (κ3) is 1.07. The van der Waals surface area contributed by atoms with Gasteiger partial charge < -0.3 is 5.32 Å². The number of hydrogen-bond acceptors (Lipinski definition) is 1. The maximum Gasteiger partial charge on any atom is 0.0405 e. The fourth-order valence-corrected chi connectivity index (χ4v) is 2.62. The number of nitrogens with one attached hydrogen (secondary N) is 1. The van der Waals surface area contributed by atoms with E-state index >= 15 is 0 Å². The van der Waals surface area contributed by atoms with Crippen molar-refractivity contribution in [1.82, 2.24) is 5.32 Å². The van der Waals surface area contributed by atoms with Crippen molar-refractivity contribution in [3.63, 3.8) is 0 Å². The van der Waals surface area contributed by atoms with Crippen LogP contribution in [0.4, 0.5) is 0 Å². The van der Waals surface area contributed by atoms with Gasteiger partial charge in [-0.25, -0.2) is 0 Å². The molecule has 0 aromatic heterocycles. The first-order valence-corrected chi connectivity index (χ1v) is 4.91. The van der Waals surface area contributed by atoms with E-state index in [4.69, 9.17) is 0 Å². The molecule has 1 N–H and O–H groups in total. The average molecular weight is 167 g/mol. The minimum atomic E-state index is 0.218. The maximum absolute atomic E-state index is 3.44. The molecule has 1 unspecified atom stereocenters. The van der Waals surface area contributed by atoms with E-state index in [1.165, 1.54) is 6.42 Å². The van der Waals surface area contributed by atoms with Crippen LogP contribution in [0.5, 0.6) is 0 Å². The predicted octanol–water partition coefficient (Wildman–Crippen LogP) is 2.93. The quantitative estimate of drug-likeness (QED) is 0.666. The summed E-state index contributed by atoms with van der Waals surface area (Å²) < 4.78 is 0. The van der Waals surface area contributed by atoms with E-state index in [0.29, 0.717) is 11.3 Å². The zero-order valence-corrected chi connectivity index (χ0v) is 8.94. The van der Waals surface area contributed by atoms with Gasteiger partial charge in [0, 0.05) is 11.0 Å². The van der Waals surface area contributed by atoms with Crippen molar-refractivity contribution in [3.05, 3.63) is 12.3 Å². The van der Waals surface area contributed by atoms with Crippen LogP contribution in [0.1, 0.15) is 41.0 Å². The van der Waals surface area contributed by atoms with E-state index in [2.05, 4.69) is 52.2 Å². The van der Waals surface area contributed by atoms with Crippen molar-refractivity contribution in [1.29, 1.82) is 0 Å². The smallest absolute Gasteiger partial charge is 0.0405 e. The zero-order chi connectivity index (χ0) is 9.41. The molecule has 0 spiro atoms. The van der Waals surface area contributed by atoms with Gasteiger partial charge in [-0.05, 0) is 32.4 Å². The average Bonchev–Trinajstić information content (AvgIpc) is 2.25. The minimum Gasteiger partial charge on any atom is -0.385 e. The standard InChI is InChI=1S/C11H21N/c1-6-11(9(2)3)7-8-12-10(11,4)5/h7-9,12H,6H2,1-5H3. The topological polar surface area (TPSA) is 12.0 Å². The molecule has 1 aliphatic rings. The molecular weight excluding hydrogens is 146 g/mol. The zero-order valence-electron chi connectivity index (χ0n) is 8.94. The van der Waals surface area contributed by atoms with Gasteiger partial charge in [0.25, 0.3) is 0 Å². The molecule has 0 aromatic carbocycles. The molecule has 12 heavy (non-hydrogen) atoms. The van der Waals surface area contributed by atoms with E-state index in [1.807, 2.05) is 0 Å². The van der Waals surface area contributed by atoms with Gasteiger partial charge in [0.1, 0.15) is 0 Å². The summed E-state index contributed by atoms with van der Waals surface area (Å²) in [6, 6.07) is 0. The molecular formula is C11H21N. The molecule has 1 heterocycles. The van der Waals surface area contributed by atoms with Crippen LogP contribution in [-0.2, 0) is 0 Å². The van der Waals surface area contributed by atoms with Crippen molar-refractivity contribution in [2.75, 3.05) is 0 Å². The van der Waals surface area contributed by atoms with Gasteiger partial charge in [-0.1, -0.05) is 26.8 Å². The van der Waals surface area contributed by atoms with Gasteiger partial charge in [-0.2, -0.15) is 0 Å². The van der Waals surface area contributed by atoms with Gasteiger partial charge >= 0.3 is 0 Å². The Morgan fingerprint density at radius 3 is 2.08 bits per heavy atom. The molecule has 0 fully saturated rings. The Hall–Kier alpha value is -0.460. The van der Waals surface area contributed by atoms with Crippen LogP contribution in [0.25, 0.3) is 0 Å². The van der Waals surface area contributed by atoms with Crippen molar-refractivity contribution in [2.24, 2.45) is 11.3 Å². The highest BCUT2D eigenvalue weighted by molar-refractivity contribution is 5.18. The first-order valence-electron chi connectivity index (χ1n) is 4.91. The molecule has 1 aliphatic heterocycles. The van der Waals surface area contributed by atoms with Crippen molar-refractivity contribution in [2.45, 2.75) is 46.6 Å². The highest BCUT2D eigenvalue weighted by atomic mass is 15.0. The second-order valence-electron chi connectivity index (χ2n) is 4.65. The van der Waals surface area contributed by atoms with E-state index in [-0.39, 0.29) is 5.54 Å². The summed E-state index contributed by atoms with van der Waals surface area (Å²) in [7, 11) is 0. The highest BCUT2D eigenvalue weighted by Crippen LogP contribution is 2.45. The first-order chi connectivity index (χ1) is 5.46. The predicted molar refractivity (Wildman–Crippen MR) is 53.9 cm³/mol. The van der Waals surface area contributed by atoms with Gasteiger partial charge in [-0.3, -0.25) is 0 Å². The van der Waals surface area contributed by atoms with Crippen LogP contribution < -0.4 is 5.32 Å². The summed E-state index contributed by atoms with van der Waals surface area (Å²) in [6.07, 6.45) is 5.67. The van der Waals surface area contributed by atoms with Crippen LogP contribution in [0.3, 0.4) is 0 Å². The molecule has 0 amide bonds. The van der Waals surface area contributed by atoms with Crippen LogP contribution in [0, 0.1) is 11.3 Å². The van der Waals surface area contributed by atoms with Gasteiger partial charge in [0.15, 0.2) is 0 Å². The molecule has 1 rings (SSSR count). The fourth-order valence-electron chi connectivity index (χ4n) is 2.62. The van der Waals surface area contributed by atoms with Crippen molar-refractivity contribution in [3.8, 4) is 0 Å². The van der Waals surface area contributed by atoms with Crippen LogP contribution in [0.2, 0.25) is 0 Å². The summed E-state index contributed by atoms with van der Waals surface area (Å²) in [5.41, 5.74) is 0.558. The third-order valence-corrected chi connectivity index (χ3v) is 3.60. The SMILES string of the molecule is CCC1(C(C)C)C=CNC1(C)C. The summed E-state index contributed by atoms with van der Waals surface area (Å²) in [6.45, 7) is 11.5. The fraction of sp³-hybridized carbons (Fsp3) is 0.818. The highest BCUT2D eigenvalue weighted by Gasteiger charge is 2.46. The molecule has 0 aliphatic carbocycles. The van der Waals surface area contributed by atoms with Crippen molar-refractivity contribution >= 4 is 0 Å². The molecule has 0 bridgehead atoms. The summed E-state index contributed by atoms with van der Waals surface area (Å²) in [5.74, 6) is 0.698. The molecule has 1 heteroatoms. The second-order valence-corrected chi connectivity index (χ2v) is 4.65. The molecule has 0 saturated heterocycles. The Morgan fingerprint density at radius 2 is 1.92 bits per heavy atom. The maximum atomic E-state index is 3.44. The monoisotopic (exact) mass is 167 g/mol. The Kier molecular flexibility index (Phi) is 2.24. The van der Waals surface area contributed by atoms with Crippen molar-refractivity contribution < 1.29 is 0 Å². The third-order valence-electron chi connectivity index (χ3n) is 3.60. The van der Waals surface area contributed by atoms with E-state index in [1.54, 1.807) is 0 Å². The number of hydrogen-bond donors (Lipinski definition) is 1. The van der Waals surface area contributed by atoms with E-state index in [9.17, 15) is 0 Å². The Balaban J connectivity index is 2.99. The molecule has 70 valence electrons. The van der Waals surface area contributed by atoms with E-state index in [0.717, 1.165) is 0 Å². The summed E-state index contributed by atoms with van der Waals surface area (Å²) in [5, 5.41) is 3.44. The van der Waals surface area contributed by atoms with Crippen LogP contribution in [0.15, 0.2) is 12.3 Å². The molecule has 1 atom stereocenters. The largest absolute Gasteiger partial charge is 0.385 e. The lowest BCUT2D eigenvalue weighted by Gasteiger charge is -2.43. The minimum absolute atomic E-state index is 0.218. The molecule has 1 nitrogen and oxygen atoms in total. The second kappa shape index (κ2) is 2.79. The Bertz CT molecular complexity index is 191. The van der Waals surface area contributed by atoms with Gasteiger partial charge in [0.2, 0.25) is 0 Å².